The molecule has 5 nitrogen and oxygen atoms in total. The van der Waals surface area contributed by atoms with E-state index < -0.39 is 6.04 Å². The number of fused-ring (bicyclic) bond motifs is 1. The fourth-order valence-electron chi connectivity index (χ4n) is 1.64. The second-order valence-electron chi connectivity index (χ2n) is 3.52. The number of nitrogens with zero attached hydrogens (tertiary/aromatic N) is 2. The highest BCUT2D eigenvalue weighted by Crippen LogP contribution is 2.35. The van der Waals surface area contributed by atoms with E-state index in [0.29, 0.717) is 0 Å². The molecule has 0 aliphatic carbocycles. The Balaban J connectivity index is 1.90. The van der Waals surface area contributed by atoms with Gasteiger partial charge in [0.1, 0.15) is 11.6 Å². The minimum Gasteiger partial charge on any atom is -0.324 e. The van der Waals surface area contributed by atoms with Crippen molar-refractivity contribution in [3.05, 3.63) is 29.3 Å². The van der Waals surface area contributed by atoms with Crippen LogP contribution in [0.2, 0.25) is 0 Å². The Labute approximate surface area is 105 Å². The van der Waals surface area contributed by atoms with Crippen LogP contribution in [0.5, 0.6) is 0 Å². The lowest BCUT2D eigenvalue weighted by molar-refractivity contribution is -0.116. The average Bonchev–Trinajstić information content (AvgIpc) is 2.89. The summed E-state index contributed by atoms with van der Waals surface area (Å²) in [6, 6.07) is 5.17. The van der Waals surface area contributed by atoms with Gasteiger partial charge in [-0.15, -0.1) is 10.2 Å². The number of hydrogen-bond donors (Lipinski definition) is 2. The van der Waals surface area contributed by atoms with Gasteiger partial charge in [0, 0.05) is 16.1 Å². The van der Waals surface area contributed by atoms with Crippen LogP contribution in [0, 0.1) is 0 Å². The van der Waals surface area contributed by atoms with Gasteiger partial charge in [-0.1, -0.05) is 29.2 Å². The van der Waals surface area contributed by atoms with Crippen LogP contribution in [0.3, 0.4) is 0 Å². The Hall–Kier alpha value is -1.44. The summed E-state index contributed by atoms with van der Waals surface area (Å²) in [5.74, 6) is -0.155. The molecule has 1 atom stereocenters. The lowest BCUT2D eigenvalue weighted by Crippen LogP contribution is -2.19. The molecule has 7 heteroatoms. The maximum Gasteiger partial charge on any atom is 0.245 e. The quantitative estimate of drug-likeness (QED) is 0.862. The molecule has 0 saturated heterocycles. The molecule has 1 amide bonds. The molecular weight excluding hydrogens is 256 g/mol. The van der Waals surface area contributed by atoms with Gasteiger partial charge in [0.05, 0.1) is 0 Å². The summed E-state index contributed by atoms with van der Waals surface area (Å²) in [4.78, 5) is 12.4. The van der Waals surface area contributed by atoms with Gasteiger partial charge in [-0.25, -0.2) is 0 Å². The lowest BCUT2D eigenvalue weighted by atomic mass is 10.1. The zero-order valence-electron chi connectivity index (χ0n) is 8.58. The van der Waals surface area contributed by atoms with Crippen LogP contribution in [0.1, 0.15) is 11.6 Å². The second-order valence-corrected chi connectivity index (χ2v) is 5.68. The Bertz CT molecular complexity index is 570. The number of amides is 1. The molecule has 17 heavy (non-hydrogen) atoms. The number of carbonyl (C=O) groups is 1. The number of carbonyl (C=O) groups excluding carboxylic acids is 1. The van der Waals surface area contributed by atoms with E-state index in [-0.39, 0.29) is 5.91 Å². The maximum absolute atomic E-state index is 11.4. The number of nitrogens with one attached hydrogen (secondary N) is 1. The van der Waals surface area contributed by atoms with Crippen molar-refractivity contribution in [1.29, 1.82) is 0 Å². The van der Waals surface area contributed by atoms with Crippen LogP contribution >= 0.6 is 23.1 Å². The van der Waals surface area contributed by atoms with Gasteiger partial charge in [-0.05, 0) is 12.1 Å². The third-order valence-corrected chi connectivity index (χ3v) is 4.21. The lowest BCUT2D eigenvalue weighted by Gasteiger charge is -2.03. The van der Waals surface area contributed by atoms with Crippen molar-refractivity contribution in [3.8, 4) is 0 Å². The summed E-state index contributed by atoms with van der Waals surface area (Å²) in [6.07, 6.45) is 0. The number of anilines is 1. The number of benzene rings is 1. The molecule has 0 spiro atoms. The monoisotopic (exact) mass is 264 g/mol. The number of hydrogen-bond acceptors (Lipinski definition) is 6. The molecule has 1 aromatic heterocycles. The van der Waals surface area contributed by atoms with Crippen molar-refractivity contribution in [2.45, 2.75) is 15.3 Å². The van der Waals surface area contributed by atoms with E-state index in [1.54, 1.807) is 5.51 Å². The standard InChI is InChI=1S/C10H8N4OS2/c11-8-6-2-1-5(3-7(6)13-9(8)15)17-10-14-12-4-16-10/h1-4,8H,11H2,(H,13,15). The zero-order valence-corrected chi connectivity index (χ0v) is 10.2. The molecule has 86 valence electrons. The van der Waals surface area contributed by atoms with E-state index in [1.165, 1.54) is 23.1 Å². The molecule has 0 radical (unpaired) electrons. The predicted octanol–water partition coefficient (Wildman–Crippen LogP) is 1.64. The number of aromatic nitrogens is 2. The minimum atomic E-state index is -0.550. The summed E-state index contributed by atoms with van der Waals surface area (Å²) < 4.78 is 0.874. The normalized spacial score (nSPS) is 17.9. The average molecular weight is 264 g/mol. The molecule has 1 aromatic carbocycles. The summed E-state index contributed by atoms with van der Waals surface area (Å²) in [6.45, 7) is 0. The van der Waals surface area contributed by atoms with Gasteiger partial charge in [0.2, 0.25) is 5.91 Å². The third kappa shape index (κ3) is 1.92. The minimum absolute atomic E-state index is 0.155. The molecule has 0 bridgehead atoms. The fraction of sp³-hybridized carbons (Fsp3) is 0.100. The number of nitrogens with two attached hydrogens (primary N) is 1. The van der Waals surface area contributed by atoms with Crippen molar-refractivity contribution < 1.29 is 4.79 Å². The largest absolute Gasteiger partial charge is 0.324 e. The first-order chi connectivity index (χ1) is 8.24. The fourth-order valence-corrected chi connectivity index (χ4v) is 3.13. The highest BCUT2D eigenvalue weighted by atomic mass is 32.2. The van der Waals surface area contributed by atoms with E-state index in [9.17, 15) is 4.79 Å². The van der Waals surface area contributed by atoms with Crippen molar-refractivity contribution in [1.82, 2.24) is 10.2 Å². The maximum atomic E-state index is 11.4. The molecule has 3 rings (SSSR count). The molecule has 1 aliphatic rings. The van der Waals surface area contributed by atoms with Crippen molar-refractivity contribution in [3.63, 3.8) is 0 Å². The van der Waals surface area contributed by atoms with Crippen molar-refractivity contribution >= 4 is 34.7 Å². The number of rotatable bonds is 2. The Morgan fingerprint density at radius 3 is 3.12 bits per heavy atom. The first-order valence-electron chi connectivity index (χ1n) is 4.88. The summed E-state index contributed by atoms with van der Waals surface area (Å²) in [5.41, 5.74) is 9.06. The SMILES string of the molecule is NC1C(=O)Nc2cc(Sc3nncs3)ccc21. The van der Waals surface area contributed by atoms with Gasteiger partial charge < -0.3 is 11.1 Å². The first-order valence-corrected chi connectivity index (χ1v) is 6.58. The molecule has 1 aliphatic heterocycles. The van der Waals surface area contributed by atoms with Crippen LogP contribution in [0.15, 0.2) is 32.9 Å². The second kappa shape index (κ2) is 4.10. The molecule has 2 aromatic rings. The molecular formula is C10H8N4OS2. The van der Waals surface area contributed by atoms with Gasteiger partial charge >= 0.3 is 0 Å². The third-order valence-electron chi connectivity index (χ3n) is 2.45. The van der Waals surface area contributed by atoms with E-state index in [0.717, 1.165) is 20.5 Å². The molecule has 3 N–H and O–H groups in total. The highest BCUT2D eigenvalue weighted by Gasteiger charge is 2.27. The van der Waals surface area contributed by atoms with Gasteiger partial charge in [-0.3, -0.25) is 4.79 Å². The van der Waals surface area contributed by atoms with E-state index in [2.05, 4.69) is 15.5 Å². The summed E-state index contributed by atoms with van der Waals surface area (Å²) in [5, 5.41) is 10.5. The van der Waals surface area contributed by atoms with Crippen LogP contribution < -0.4 is 11.1 Å². The summed E-state index contributed by atoms with van der Waals surface area (Å²) >= 11 is 3.00. The zero-order chi connectivity index (χ0) is 11.8. The Morgan fingerprint density at radius 2 is 2.35 bits per heavy atom. The van der Waals surface area contributed by atoms with E-state index in [1.807, 2.05) is 18.2 Å². The van der Waals surface area contributed by atoms with Crippen molar-refractivity contribution in [2.24, 2.45) is 5.73 Å². The van der Waals surface area contributed by atoms with Crippen LogP contribution in [0.4, 0.5) is 5.69 Å². The highest BCUT2D eigenvalue weighted by molar-refractivity contribution is 8.01. The van der Waals surface area contributed by atoms with E-state index >= 15 is 0 Å². The first kappa shape index (κ1) is 10.7. The van der Waals surface area contributed by atoms with Crippen molar-refractivity contribution in [2.75, 3.05) is 5.32 Å². The molecule has 2 heterocycles. The van der Waals surface area contributed by atoms with Gasteiger partial charge in [0.15, 0.2) is 4.34 Å². The predicted molar refractivity (Wildman–Crippen MR) is 66.0 cm³/mol. The van der Waals surface area contributed by atoms with Crippen LogP contribution in [0.25, 0.3) is 0 Å². The van der Waals surface area contributed by atoms with E-state index in [4.69, 9.17) is 5.73 Å². The summed E-state index contributed by atoms with van der Waals surface area (Å²) in [7, 11) is 0. The van der Waals surface area contributed by atoms with Crippen LogP contribution in [-0.4, -0.2) is 16.1 Å². The Kier molecular flexibility index (Phi) is 2.58. The van der Waals surface area contributed by atoms with Gasteiger partial charge in [-0.2, -0.15) is 0 Å². The smallest absolute Gasteiger partial charge is 0.245 e. The van der Waals surface area contributed by atoms with Crippen LogP contribution in [-0.2, 0) is 4.79 Å². The molecule has 1 unspecified atom stereocenters. The Morgan fingerprint density at radius 1 is 1.47 bits per heavy atom. The molecule has 0 fully saturated rings. The molecule has 0 saturated carbocycles. The van der Waals surface area contributed by atoms with Gasteiger partial charge in [0.25, 0.3) is 0 Å². The topological polar surface area (TPSA) is 80.9 Å².